The molecular formula is C21H24N6O3. The molecule has 2 aromatic rings. The number of aromatic nitrogens is 2. The number of nitrogens with one attached hydrogen (secondary N) is 2. The van der Waals surface area contributed by atoms with Crippen LogP contribution in [0.25, 0.3) is 11.3 Å². The van der Waals surface area contributed by atoms with E-state index in [0.717, 1.165) is 30.2 Å². The topological polar surface area (TPSA) is 108 Å². The fraction of sp³-hybridized carbons (Fsp3) is 0.381. The first-order chi connectivity index (χ1) is 14.6. The van der Waals surface area contributed by atoms with Crippen LogP contribution in [0.5, 0.6) is 0 Å². The second kappa shape index (κ2) is 8.89. The Morgan fingerprint density at radius 2 is 1.90 bits per heavy atom. The van der Waals surface area contributed by atoms with Crippen molar-refractivity contribution >= 4 is 29.4 Å². The van der Waals surface area contributed by atoms with E-state index in [1.165, 1.54) is 17.7 Å². The van der Waals surface area contributed by atoms with E-state index in [0.29, 0.717) is 12.2 Å². The van der Waals surface area contributed by atoms with Gasteiger partial charge in [-0.1, -0.05) is 12.1 Å². The molecule has 9 heteroatoms. The smallest absolute Gasteiger partial charge is 0.324 e. The van der Waals surface area contributed by atoms with E-state index in [4.69, 9.17) is 0 Å². The Morgan fingerprint density at radius 1 is 1.07 bits per heavy atom. The molecule has 2 saturated heterocycles. The van der Waals surface area contributed by atoms with Gasteiger partial charge < -0.3 is 15.1 Å². The van der Waals surface area contributed by atoms with Crippen LogP contribution < -0.4 is 15.5 Å². The maximum Gasteiger partial charge on any atom is 0.324 e. The van der Waals surface area contributed by atoms with Crippen molar-refractivity contribution in [3.8, 4) is 11.3 Å². The van der Waals surface area contributed by atoms with Gasteiger partial charge in [0.15, 0.2) is 5.82 Å². The Kier molecular flexibility index (Phi) is 5.87. The van der Waals surface area contributed by atoms with Crippen molar-refractivity contribution < 1.29 is 14.4 Å². The van der Waals surface area contributed by atoms with Crippen LogP contribution in [0.4, 0.5) is 16.3 Å². The molecular weight excluding hydrogens is 384 g/mol. The monoisotopic (exact) mass is 408 g/mol. The Hall–Kier alpha value is -3.49. The minimum absolute atomic E-state index is 0.149. The number of urea groups is 1. The molecule has 4 amide bonds. The van der Waals surface area contributed by atoms with Gasteiger partial charge in [-0.15, -0.1) is 10.2 Å². The third-order valence-corrected chi connectivity index (χ3v) is 5.27. The summed E-state index contributed by atoms with van der Waals surface area (Å²) < 4.78 is 0. The lowest BCUT2D eigenvalue weighted by atomic mass is 10.1. The number of hydrogen-bond acceptors (Lipinski definition) is 6. The maximum absolute atomic E-state index is 12.3. The van der Waals surface area contributed by atoms with Crippen molar-refractivity contribution in [2.45, 2.75) is 25.7 Å². The summed E-state index contributed by atoms with van der Waals surface area (Å²) in [5.41, 5.74) is 2.26. The zero-order valence-electron chi connectivity index (χ0n) is 16.6. The van der Waals surface area contributed by atoms with Crippen LogP contribution >= 0.6 is 0 Å². The van der Waals surface area contributed by atoms with Crippen LogP contribution in [0.3, 0.4) is 0 Å². The van der Waals surface area contributed by atoms with Crippen molar-refractivity contribution in [3.05, 3.63) is 36.4 Å². The summed E-state index contributed by atoms with van der Waals surface area (Å²) in [7, 11) is 0. The number of anilines is 2. The minimum Gasteiger partial charge on any atom is -0.355 e. The summed E-state index contributed by atoms with van der Waals surface area (Å²) in [6, 6.07) is 10.9. The van der Waals surface area contributed by atoms with E-state index in [-0.39, 0.29) is 31.2 Å². The van der Waals surface area contributed by atoms with E-state index in [1.807, 2.05) is 30.3 Å². The van der Waals surface area contributed by atoms with Crippen LogP contribution in [0.15, 0.2) is 36.4 Å². The molecule has 0 radical (unpaired) electrons. The largest absolute Gasteiger partial charge is 0.355 e. The van der Waals surface area contributed by atoms with Crippen LogP contribution in [0.2, 0.25) is 0 Å². The van der Waals surface area contributed by atoms with Crippen molar-refractivity contribution in [2.75, 3.05) is 36.4 Å². The zero-order valence-corrected chi connectivity index (χ0v) is 16.6. The van der Waals surface area contributed by atoms with Crippen LogP contribution in [-0.4, -0.2) is 59.1 Å². The SMILES string of the molecule is O=C1CCN(CCC(=O)Nc2cccc(-c3ccc(N4CCCC4)nn3)c2)C(=O)N1. The Labute approximate surface area is 174 Å². The van der Waals surface area contributed by atoms with Gasteiger partial charge >= 0.3 is 6.03 Å². The molecule has 0 bridgehead atoms. The summed E-state index contributed by atoms with van der Waals surface area (Å²) in [4.78, 5) is 38.9. The van der Waals surface area contributed by atoms with Crippen LogP contribution in [0.1, 0.15) is 25.7 Å². The van der Waals surface area contributed by atoms with Crippen molar-refractivity contribution in [1.82, 2.24) is 20.4 Å². The molecule has 4 rings (SSSR count). The molecule has 9 nitrogen and oxygen atoms in total. The highest BCUT2D eigenvalue weighted by molar-refractivity contribution is 5.97. The molecule has 30 heavy (non-hydrogen) atoms. The summed E-state index contributed by atoms with van der Waals surface area (Å²) in [5.74, 6) is 0.408. The molecule has 0 saturated carbocycles. The predicted octanol–water partition coefficient (Wildman–Crippen LogP) is 2.01. The summed E-state index contributed by atoms with van der Waals surface area (Å²) >= 11 is 0. The van der Waals surface area contributed by atoms with Crippen molar-refractivity contribution in [3.63, 3.8) is 0 Å². The fourth-order valence-corrected chi connectivity index (χ4v) is 3.62. The third kappa shape index (κ3) is 4.73. The van der Waals surface area contributed by atoms with Gasteiger partial charge in [0.05, 0.1) is 5.69 Å². The van der Waals surface area contributed by atoms with Gasteiger partial charge in [-0.05, 0) is 37.1 Å². The number of nitrogens with zero attached hydrogens (tertiary/aromatic N) is 4. The molecule has 0 unspecified atom stereocenters. The predicted molar refractivity (Wildman–Crippen MR) is 112 cm³/mol. The van der Waals surface area contributed by atoms with Gasteiger partial charge in [-0.3, -0.25) is 14.9 Å². The van der Waals surface area contributed by atoms with Gasteiger partial charge in [0.1, 0.15) is 0 Å². The molecule has 3 heterocycles. The second-order valence-electron chi connectivity index (χ2n) is 7.44. The lowest BCUT2D eigenvalue weighted by Gasteiger charge is -2.26. The molecule has 2 aliphatic heterocycles. The first-order valence-electron chi connectivity index (χ1n) is 10.2. The highest BCUT2D eigenvalue weighted by Crippen LogP contribution is 2.23. The van der Waals surface area contributed by atoms with E-state index in [2.05, 4.69) is 25.7 Å². The average molecular weight is 408 g/mol. The van der Waals surface area contributed by atoms with Crippen LogP contribution in [-0.2, 0) is 9.59 Å². The summed E-state index contributed by atoms with van der Waals surface area (Å²) in [5, 5.41) is 13.8. The standard InChI is InChI=1S/C21H24N6O3/c28-19(8-12-27-13-9-20(29)23-21(27)30)22-16-5-3-4-15(14-16)17-6-7-18(25-24-17)26-10-1-2-11-26/h3-7,14H,1-2,8-13H2,(H,22,28)(H,23,29,30). The minimum atomic E-state index is -0.447. The molecule has 156 valence electrons. The van der Waals surface area contributed by atoms with E-state index in [9.17, 15) is 14.4 Å². The van der Waals surface area contributed by atoms with Gasteiger partial charge in [-0.25, -0.2) is 4.79 Å². The van der Waals surface area contributed by atoms with Crippen molar-refractivity contribution in [2.24, 2.45) is 0 Å². The molecule has 1 aromatic heterocycles. The third-order valence-electron chi connectivity index (χ3n) is 5.27. The van der Waals surface area contributed by atoms with Gasteiger partial charge in [0.25, 0.3) is 0 Å². The Bertz CT molecular complexity index is 940. The number of amides is 4. The molecule has 2 aliphatic rings. The van der Waals surface area contributed by atoms with Gasteiger partial charge in [0.2, 0.25) is 11.8 Å². The zero-order chi connectivity index (χ0) is 20.9. The average Bonchev–Trinajstić information content (AvgIpc) is 3.28. The molecule has 0 aliphatic carbocycles. The number of rotatable bonds is 6. The lowest BCUT2D eigenvalue weighted by Crippen LogP contribution is -2.50. The normalized spacial score (nSPS) is 16.5. The fourth-order valence-electron chi connectivity index (χ4n) is 3.62. The lowest BCUT2D eigenvalue weighted by molar-refractivity contribution is -0.121. The molecule has 0 atom stereocenters. The number of carbonyl (C=O) groups excluding carboxylic acids is 3. The van der Waals surface area contributed by atoms with E-state index < -0.39 is 6.03 Å². The Balaban J connectivity index is 1.34. The van der Waals surface area contributed by atoms with E-state index in [1.54, 1.807) is 6.07 Å². The first-order valence-corrected chi connectivity index (χ1v) is 10.2. The number of benzene rings is 1. The molecule has 2 N–H and O–H groups in total. The van der Waals surface area contributed by atoms with Crippen molar-refractivity contribution in [1.29, 1.82) is 0 Å². The number of carbonyl (C=O) groups is 3. The summed E-state index contributed by atoms with van der Waals surface area (Å²) in [6.07, 6.45) is 2.78. The Morgan fingerprint density at radius 3 is 2.63 bits per heavy atom. The highest BCUT2D eigenvalue weighted by Gasteiger charge is 2.23. The maximum atomic E-state index is 12.3. The van der Waals surface area contributed by atoms with Gasteiger partial charge in [0, 0.05) is 50.3 Å². The first kappa shape index (κ1) is 19.8. The quantitative estimate of drug-likeness (QED) is 0.757. The van der Waals surface area contributed by atoms with Gasteiger partial charge in [-0.2, -0.15) is 0 Å². The van der Waals surface area contributed by atoms with E-state index >= 15 is 0 Å². The van der Waals surface area contributed by atoms with Crippen LogP contribution in [0, 0.1) is 0 Å². The number of imide groups is 1. The second-order valence-corrected chi connectivity index (χ2v) is 7.44. The highest BCUT2D eigenvalue weighted by atomic mass is 16.2. The number of hydrogen-bond donors (Lipinski definition) is 2. The molecule has 2 fully saturated rings. The molecule has 1 aromatic carbocycles. The summed E-state index contributed by atoms with van der Waals surface area (Å²) in [6.45, 7) is 2.63. The molecule has 0 spiro atoms.